The molecule has 7 heteroatoms. The minimum Gasteiger partial charge on any atom is -0.344 e. The number of imidazole rings is 1. The van der Waals surface area contributed by atoms with E-state index in [9.17, 15) is 4.79 Å². The Morgan fingerprint density at radius 1 is 1.11 bits per heavy atom. The van der Waals surface area contributed by atoms with E-state index in [1.54, 1.807) is 23.0 Å². The molecular weight excluding hydrogens is 358 g/mol. The second kappa shape index (κ2) is 7.52. The molecule has 0 aliphatic carbocycles. The number of likely N-dealkylation sites (N-methyl/N-ethyl adjacent to an activating group) is 1. The SMILES string of the molecule is CCSc1ncc(-c2c(-c3ccccc3)ncn2C2CCN(C)C2=O)cn1. The Morgan fingerprint density at radius 3 is 2.48 bits per heavy atom. The number of likely N-dealkylation sites (tertiary alicyclic amines) is 1. The minimum atomic E-state index is -0.236. The zero-order valence-electron chi connectivity index (χ0n) is 15.4. The van der Waals surface area contributed by atoms with Crippen molar-refractivity contribution in [2.45, 2.75) is 24.5 Å². The third-order valence-corrected chi connectivity index (χ3v) is 5.51. The summed E-state index contributed by atoms with van der Waals surface area (Å²) in [5, 5.41) is 0.755. The van der Waals surface area contributed by atoms with Gasteiger partial charge in [-0.05, 0) is 12.2 Å². The molecule has 0 bridgehead atoms. The van der Waals surface area contributed by atoms with Gasteiger partial charge in [0.2, 0.25) is 5.91 Å². The molecule has 1 aromatic carbocycles. The first-order chi connectivity index (χ1) is 13.2. The summed E-state index contributed by atoms with van der Waals surface area (Å²) in [6.45, 7) is 2.83. The summed E-state index contributed by atoms with van der Waals surface area (Å²) in [4.78, 5) is 28.0. The number of hydrogen-bond donors (Lipinski definition) is 0. The van der Waals surface area contributed by atoms with E-state index in [4.69, 9.17) is 0 Å². The fraction of sp³-hybridized carbons (Fsp3) is 0.300. The maximum Gasteiger partial charge on any atom is 0.245 e. The van der Waals surface area contributed by atoms with Crippen LogP contribution in [0.2, 0.25) is 0 Å². The molecule has 1 aliphatic heterocycles. The van der Waals surface area contributed by atoms with E-state index in [0.29, 0.717) is 0 Å². The Labute approximate surface area is 162 Å². The number of thioether (sulfide) groups is 1. The van der Waals surface area contributed by atoms with Crippen molar-refractivity contribution in [2.75, 3.05) is 19.3 Å². The Kier molecular flexibility index (Phi) is 4.94. The molecule has 0 radical (unpaired) electrons. The van der Waals surface area contributed by atoms with Gasteiger partial charge in [-0.3, -0.25) is 4.79 Å². The molecule has 3 aromatic rings. The van der Waals surface area contributed by atoms with E-state index < -0.39 is 0 Å². The van der Waals surface area contributed by atoms with E-state index >= 15 is 0 Å². The molecule has 1 aliphatic rings. The molecule has 2 aromatic heterocycles. The summed E-state index contributed by atoms with van der Waals surface area (Å²) in [7, 11) is 1.84. The highest BCUT2D eigenvalue weighted by Gasteiger charge is 2.33. The van der Waals surface area contributed by atoms with Crippen LogP contribution in [0.15, 0.2) is 54.2 Å². The summed E-state index contributed by atoms with van der Waals surface area (Å²) >= 11 is 1.61. The van der Waals surface area contributed by atoms with Crippen LogP contribution >= 0.6 is 11.8 Å². The van der Waals surface area contributed by atoms with Crippen molar-refractivity contribution in [3.63, 3.8) is 0 Å². The first-order valence-corrected chi connectivity index (χ1v) is 10.00. The van der Waals surface area contributed by atoms with Crippen molar-refractivity contribution in [2.24, 2.45) is 0 Å². The highest BCUT2D eigenvalue weighted by Crippen LogP contribution is 2.35. The fourth-order valence-electron chi connectivity index (χ4n) is 3.39. The Balaban J connectivity index is 1.83. The predicted molar refractivity (Wildman–Crippen MR) is 106 cm³/mol. The molecule has 1 fully saturated rings. The molecule has 1 atom stereocenters. The molecule has 1 amide bonds. The largest absolute Gasteiger partial charge is 0.344 e. The summed E-state index contributed by atoms with van der Waals surface area (Å²) in [6.07, 6.45) is 6.20. The average molecular weight is 379 g/mol. The molecule has 4 rings (SSSR count). The molecular formula is C20H21N5OS. The van der Waals surface area contributed by atoms with E-state index in [2.05, 4.69) is 21.9 Å². The van der Waals surface area contributed by atoms with Crippen LogP contribution in [0, 0.1) is 0 Å². The van der Waals surface area contributed by atoms with Gasteiger partial charge in [-0.15, -0.1) is 0 Å². The van der Waals surface area contributed by atoms with Crippen molar-refractivity contribution in [1.29, 1.82) is 0 Å². The molecule has 138 valence electrons. The molecule has 6 nitrogen and oxygen atoms in total. The number of amides is 1. The van der Waals surface area contributed by atoms with Gasteiger partial charge in [-0.2, -0.15) is 0 Å². The lowest BCUT2D eigenvalue weighted by atomic mass is 10.1. The van der Waals surface area contributed by atoms with Gasteiger partial charge in [0.1, 0.15) is 6.04 Å². The molecule has 0 N–H and O–H groups in total. The van der Waals surface area contributed by atoms with Crippen molar-refractivity contribution in [1.82, 2.24) is 24.4 Å². The van der Waals surface area contributed by atoms with Crippen LogP contribution in [0.5, 0.6) is 0 Å². The van der Waals surface area contributed by atoms with Crippen LogP contribution in [-0.4, -0.2) is 49.7 Å². The lowest BCUT2D eigenvalue weighted by Gasteiger charge is -2.16. The zero-order valence-corrected chi connectivity index (χ0v) is 16.2. The van der Waals surface area contributed by atoms with Gasteiger partial charge in [0, 0.05) is 37.1 Å². The second-order valence-electron chi connectivity index (χ2n) is 6.47. The standard InChI is InChI=1S/C20H21N5OS/c1-3-27-20-21-11-15(12-22-20)18-17(14-7-5-4-6-8-14)23-13-25(18)16-9-10-24(2)19(16)26/h4-8,11-13,16H,3,9-10H2,1-2H3. The number of benzene rings is 1. The van der Waals surface area contributed by atoms with Gasteiger partial charge in [-0.25, -0.2) is 15.0 Å². The van der Waals surface area contributed by atoms with E-state index in [0.717, 1.165) is 46.4 Å². The molecule has 0 spiro atoms. The molecule has 1 unspecified atom stereocenters. The van der Waals surface area contributed by atoms with Gasteiger partial charge in [0.05, 0.1) is 17.7 Å². The van der Waals surface area contributed by atoms with Gasteiger partial charge in [-0.1, -0.05) is 49.0 Å². The summed E-state index contributed by atoms with van der Waals surface area (Å²) in [5.74, 6) is 1.04. The topological polar surface area (TPSA) is 63.9 Å². The van der Waals surface area contributed by atoms with Crippen LogP contribution in [0.25, 0.3) is 22.5 Å². The van der Waals surface area contributed by atoms with E-state index in [1.807, 2.05) is 54.3 Å². The van der Waals surface area contributed by atoms with Gasteiger partial charge in [0.15, 0.2) is 5.16 Å². The van der Waals surface area contributed by atoms with Crippen molar-refractivity contribution in [3.8, 4) is 22.5 Å². The van der Waals surface area contributed by atoms with Crippen LogP contribution < -0.4 is 0 Å². The van der Waals surface area contributed by atoms with Crippen LogP contribution in [0.1, 0.15) is 19.4 Å². The van der Waals surface area contributed by atoms with E-state index in [1.165, 1.54) is 0 Å². The van der Waals surface area contributed by atoms with Crippen molar-refractivity contribution >= 4 is 17.7 Å². The van der Waals surface area contributed by atoms with Crippen LogP contribution in [0.3, 0.4) is 0 Å². The van der Waals surface area contributed by atoms with Crippen LogP contribution in [0.4, 0.5) is 0 Å². The van der Waals surface area contributed by atoms with Crippen LogP contribution in [-0.2, 0) is 4.79 Å². The molecule has 0 saturated carbocycles. The third-order valence-electron chi connectivity index (χ3n) is 4.75. The summed E-state index contributed by atoms with van der Waals surface area (Å²) in [5.41, 5.74) is 3.62. The maximum absolute atomic E-state index is 12.6. The lowest BCUT2D eigenvalue weighted by Crippen LogP contribution is -2.24. The fourth-order valence-corrected chi connectivity index (χ4v) is 3.91. The zero-order chi connectivity index (χ0) is 18.8. The number of hydrogen-bond acceptors (Lipinski definition) is 5. The van der Waals surface area contributed by atoms with Crippen molar-refractivity contribution < 1.29 is 4.79 Å². The number of carbonyl (C=O) groups excluding carboxylic acids is 1. The number of aromatic nitrogens is 4. The van der Waals surface area contributed by atoms with Gasteiger partial charge >= 0.3 is 0 Å². The smallest absolute Gasteiger partial charge is 0.245 e. The van der Waals surface area contributed by atoms with E-state index in [-0.39, 0.29) is 11.9 Å². The van der Waals surface area contributed by atoms with Crippen molar-refractivity contribution in [3.05, 3.63) is 49.1 Å². The number of rotatable bonds is 5. The summed E-state index contributed by atoms with van der Waals surface area (Å²) < 4.78 is 1.99. The quantitative estimate of drug-likeness (QED) is 0.501. The maximum atomic E-state index is 12.6. The monoisotopic (exact) mass is 379 g/mol. The number of nitrogens with zero attached hydrogens (tertiary/aromatic N) is 5. The molecule has 3 heterocycles. The predicted octanol–water partition coefficient (Wildman–Crippen LogP) is 3.52. The molecule has 27 heavy (non-hydrogen) atoms. The van der Waals surface area contributed by atoms with Gasteiger partial charge < -0.3 is 9.47 Å². The highest BCUT2D eigenvalue weighted by atomic mass is 32.2. The Hall–Kier alpha value is -2.67. The first-order valence-electron chi connectivity index (χ1n) is 9.01. The average Bonchev–Trinajstić information content (AvgIpc) is 3.27. The lowest BCUT2D eigenvalue weighted by molar-refractivity contribution is -0.129. The highest BCUT2D eigenvalue weighted by molar-refractivity contribution is 7.99. The normalized spacial score (nSPS) is 16.9. The number of carbonyl (C=O) groups is 1. The second-order valence-corrected chi connectivity index (χ2v) is 7.70. The third kappa shape index (κ3) is 3.35. The summed E-state index contributed by atoms with van der Waals surface area (Å²) in [6, 6.07) is 9.78. The first kappa shape index (κ1) is 17.7. The Bertz CT molecular complexity index is 939. The minimum absolute atomic E-state index is 0.118. The van der Waals surface area contributed by atoms with Gasteiger partial charge in [0.25, 0.3) is 0 Å². The Morgan fingerprint density at radius 2 is 1.85 bits per heavy atom. The molecule has 1 saturated heterocycles.